The van der Waals surface area contributed by atoms with Gasteiger partial charge in [0.25, 0.3) is 5.91 Å². The summed E-state index contributed by atoms with van der Waals surface area (Å²) < 4.78 is 25.2. The molecule has 150 valence electrons. The van der Waals surface area contributed by atoms with E-state index in [1.54, 1.807) is 36.4 Å². The van der Waals surface area contributed by atoms with E-state index in [9.17, 15) is 14.4 Å². The number of anilines is 2. The lowest BCUT2D eigenvalue weighted by molar-refractivity contribution is -0.112. The molecular weight excluding hydrogens is 373 g/mol. The van der Waals surface area contributed by atoms with Crippen molar-refractivity contribution in [2.24, 2.45) is 0 Å². The minimum absolute atomic E-state index is 0.120. The van der Waals surface area contributed by atoms with E-state index in [0.29, 0.717) is 55.6 Å². The summed E-state index contributed by atoms with van der Waals surface area (Å²) in [5, 5.41) is 12.0. The first-order chi connectivity index (χ1) is 14.1. The SMILES string of the molecule is CCOc1cccc(NC(=O)/C(C#N)=C\c2ccc(N3CCOCC3)c(F)c2)c1. The molecule has 0 aliphatic carbocycles. The van der Waals surface area contributed by atoms with Gasteiger partial charge in [0.05, 0.1) is 25.5 Å². The number of carbonyl (C=O) groups excluding carboxylic acids is 1. The first-order valence-corrected chi connectivity index (χ1v) is 9.39. The molecule has 0 aromatic heterocycles. The predicted molar refractivity (Wildman–Crippen MR) is 109 cm³/mol. The number of nitrogens with one attached hydrogen (secondary N) is 1. The molecule has 29 heavy (non-hydrogen) atoms. The number of nitriles is 1. The number of hydrogen-bond donors (Lipinski definition) is 1. The molecule has 1 heterocycles. The summed E-state index contributed by atoms with van der Waals surface area (Å²) >= 11 is 0. The van der Waals surface area contributed by atoms with Gasteiger partial charge >= 0.3 is 0 Å². The molecule has 0 bridgehead atoms. The first-order valence-electron chi connectivity index (χ1n) is 9.39. The Morgan fingerprint density at radius 2 is 2.10 bits per heavy atom. The molecule has 3 rings (SSSR count). The quantitative estimate of drug-likeness (QED) is 0.597. The predicted octanol–water partition coefficient (Wildman–Crippen LogP) is 3.61. The number of nitrogens with zero attached hydrogens (tertiary/aromatic N) is 2. The van der Waals surface area contributed by atoms with Crippen LogP contribution in [0.15, 0.2) is 48.0 Å². The van der Waals surface area contributed by atoms with Crippen LogP contribution in [0, 0.1) is 17.1 Å². The average Bonchev–Trinajstić information content (AvgIpc) is 2.73. The van der Waals surface area contributed by atoms with Gasteiger partial charge in [-0.15, -0.1) is 0 Å². The maximum atomic E-state index is 14.5. The van der Waals surface area contributed by atoms with Crippen LogP contribution in [-0.4, -0.2) is 38.8 Å². The summed E-state index contributed by atoms with van der Waals surface area (Å²) in [5.74, 6) is -0.352. The van der Waals surface area contributed by atoms with Crippen LogP contribution in [0.2, 0.25) is 0 Å². The van der Waals surface area contributed by atoms with Gasteiger partial charge < -0.3 is 19.7 Å². The third-order valence-corrected chi connectivity index (χ3v) is 4.40. The second-order valence-electron chi connectivity index (χ2n) is 6.40. The molecule has 0 radical (unpaired) electrons. The summed E-state index contributed by atoms with van der Waals surface area (Å²) in [6.07, 6.45) is 1.37. The number of morpholine rings is 1. The van der Waals surface area contributed by atoms with E-state index >= 15 is 0 Å². The minimum Gasteiger partial charge on any atom is -0.494 e. The van der Waals surface area contributed by atoms with Gasteiger partial charge in [0.15, 0.2) is 0 Å². The Morgan fingerprint density at radius 3 is 2.79 bits per heavy atom. The molecule has 0 unspecified atom stereocenters. The molecule has 2 aromatic rings. The zero-order valence-electron chi connectivity index (χ0n) is 16.2. The number of carbonyl (C=O) groups is 1. The summed E-state index contributed by atoms with van der Waals surface area (Å²) in [6.45, 7) is 4.74. The summed E-state index contributed by atoms with van der Waals surface area (Å²) in [4.78, 5) is 14.4. The highest BCUT2D eigenvalue weighted by atomic mass is 19.1. The Labute approximate surface area is 169 Å². The van der Waals surface area contributed by atoms with Crippen molar-refractivity contribution >= 4 is 23.4 Å². The van der Waals surface area contributed by atoms with Crippen LogP contribution < -0.4 is 15.0 Å². The van der Waals surface area contributed by atoms with Crippen LogP contribution >= 0.6 is 0 Å². The minimum atomic E-state index is -0.571. The highest BCUT2D eigenvalue weighted by Crippen LogP contribution is 2.23. The van der Waals surface area contributed by atoms with Crippen molar-refractivity contribution in [3.05, 3.63) is 59.4 Å². The molecule has 1 aliphatic heterocycles. The summed E-state index contributed by atoms with van der Waals surface area (Å²) in [6, 6.07) is 13.4. The van der Waals surface area contributed by atoms with Crippen molar-refractivity contribution in [1.82, 2.24) is 0 Å². The number of amides is 1. The fourth-order valence-corrected chi connectivity index (χ4v) is 3.02. The molecule has 1 saturated heterocycles. The molecule has 0 atom stereocenters. The molecule has 1 fully saturated rings. The standard InChI is InChI=1S/C22H22FN3O3/c1-2-29-19-5-3-4-18(14-19)25-22(27)17(15-24)12-16-6-7-21(20(23)13-16)26-8-10-28-11-9-26/h3-7,12-14H,2,8-11H2,1H3,(H,25,27)/b17-12-. The van der Waals surface area contributed by atoms with Gasteiger partial charge in [0.1, 0.15) is 23.2 Å². The second kappa shape index (κ2) is 9.71. The van der Waals surface area contributed by atoms with Crippen molar-refractivity contribution in [2.45, 2.75) is 6.92 Å². The van der Waals surface area contributed by atoms with E-state index < -0.39 is 11.7 Å². The van der Waals surface area contributed by atoms with Crippen molar-refractivity contribution < 1.29 is 18.7 Å². The fraction of sp³-hybridized carbons (Fsp3) is 0.273. The topological polar surface area (TPSA) is 74.6 Å². The lowest BCUT2D eigenvalue weighted by Crippen LogP contribution is -2.36. The molecule has 7 heteroatoms. The van der Waals surface area contributed by atoms with Crippen molar-refractivity contribution in [3.8, 4) is 11.8 Å². The lowest BCUT2D eigenvalue weighted by atomic mass is 10.1. The Morgan fingerprint density at radius 1 is 1.31 bits per heavy atom. The summed E-state index contributed by atoms with van der Waals surface area (Å²) in [7, 11) is 0. The van der Waals surface area contributed by atoms with E-state index in [1.165, 1.54) is 12.1 Å². The maximum Gasteiger partial charge on any atom is 0.266 e. The number of halogens is 1. The van der Waals surface area contributed by atoms with E-state index in [4.69, 9.17) is 9.47 Å². The monoisotopic (exact) mass is 395 g/mol. The van der Waals surface area contributed by atoms with Crippen molar-refractivity contribution in [1.29, 1.82) is 5.26 Å². The Balaban J connectivity index is 1.75. The summed E-state index contributed by atoms with van der Waals surface area (Å²) in [5.41, 5.74) is 1.32. The van der Waals surface area contributed by atoms with Crippen LogP contribution in [0.3, 0.4) is 0 Å². The Bertz CT molecular complexity index is 947. The number of rotatable bonds is 6. The fourth-order valence-electron chi connectivity index (χ4n) is 3.02. The molecule has 0 spiro atoms. The van der Waals surface area contributed by atoms with Crippen LogP contribution in [0.1, 0.15) is 12.5 Å². The van der Waals surface area contributed by atoms with Crippen LogP contribution in [0.5, 0.6) is 5.75 Å². The van der Waals surface area contributed by atoms with Gasteiger partial charge in [-0.3, -0.25) is 4.79 Å². The Kier molecular flexibility index (Phi) is 6.82. The number of hydrogen-bond acceptors (Lipinski definition) is 5. The normalized spacial score (nSPS) is 14.2. The molecular formula is C22H22FN3O3. The first kappa shape index (κ1) is 20.4. The molecule has 1 N–H and O–H groups in total. The molecule has 0 saturated carbocycles. The van der Waals surface area contributed by atoms with E-state index in [1.807, 2.05) is 17.9 Å². The lowest BCUT2D eigenvalue weighted by Gasteiger charge is -2.29. The van der Waals surface area contributed by atoms with Crippen LogP contribution in [0.25, 0.3) is 6.08 Å². The molecule has 6 nitrogen and oxygen atoms in total. The van der Waals surface area contributed by atoms with Gasteiger partial charge in [-0.25, -0.2) is 4.39 Å². The zero-order valence-corrected chi connectivity index (χ0v) is 16.2. The van der Waals surface area contributed by atoms with Crippen molar-refractivity contribution in [3.63, 3.8) is 0 Å². The van der Waals surface area contributed by atoms with Crippen LogP contribution in [-0.2, 0) is 9.53 Å². The highest BCUT2D eigenvalue weighted by molar-refractivity contribution is 6.09. The van der Waals surface area contributed by atoms with Crippen LogP contribution in [0.4, 0.5) is 15.8 Å². The Hall–Kier alpha value is -3.37. The maximum absolute atomic E-state index is 14.5. The third-order valence-electron chi connectivity index (χ3n) is 4.40. The molecule has 2 aromatic carbocycles. The van der Waals surface area contributed by atoms with Gasteiger partial charge in [0.2, 0.25) is 0 Å². The molecule has 1 amide bonds. The van der Waals surface area contributed by atoms with E-state index in [2.05, 4.69) is 5.32 Å². The van der Waals surface area contributed by atoms with Gasteiger partial charge in [0, 0.05) is 24.8 Å². The molecule has 1 aliphatic rings. The largest absolute Gasteiger partial charge is 0.494 e. The average molecular weight is 395 g/mol. The smallest absolute Gasteiger partial charge is 0.266 e. The van der Waals surface area contributed by atoms with Gasteiger partial charge in [-0.05, 0) is 42.8 Å². The number of ether oxygens (including phenoxy) is 2. The van der Waals surface area contributed by atoms with E-state index in [-0.39, 0.29) is 5.57 Å². The van der Waals surface area contributed by atoms with E-state index in [0.717, 1.165) is 0 Å². The number of benzene rings is 2. The van der Waals surface area contributed by atoms with Gasteiger partial charge in [-0.1, -0.05) is 12.1 Å². The van der Waals surface area contributed by atoms with Crippen molar-refractivity contribution in [2.75, 3.05) is 43.1 Å². The van der Waals surface area contributed by atoms with Gasteiger partial charge in [-0.2, -0.15) is 5.26 Å². The second-order valence-corrected chi connectivity index (χ2v) is 6.40. The zero-order chi connectivity index (χ0) is 20.6. The third kappa shape index (κ3) is 5.33. The highest BCUT2D eigenvalue weighted by Gasteiger charge is 2.16.